The third kappa shape index (κ3) is 2.41. The molecule has 0 aromatic heterocycles. The molecule has 2 atom stereocenters. The van der Waals surface area contributed by atoms with Gasteiger partial charge in [0.2, 0.25) is 0 Å². The van der Waals surface area contributed by atoms with Crippen LogP contribution in [0.2, 0.25) is 0 Å². The zero-order chi connectivity index (χ0) is 8.48. The Kier molecular flexibility index (Phi) is 2.49. The minimum atomic E-state index is -0.616. The lowest BCUT2D eigenvalue weighted by molar-refractivity contribution is -0.203. The van der Waals surface area contributed by atoms with Crippen LogP contribution in [0.1, 0.15) is 13.8 Å². The van der Waals surface area contributed by atoms with E-state index < -0.39 is 11.9 Å². The van der Waals surface area contributed by atoms with Gasteiger partial charge in [-0.1, -0.05) is 0 Å². The predicted molar refractivity (Wildman–Crippen MR) is 40.0 cm³/mol. The summed E-state index contributed by atoms with van der Waals surface area (Å²) in [6.45, 7) is 4.19. The van der Waals surface area contributed by atoms with Crippen molar-refractivity contribution in [3.63, 3.8) is 0 Å². The Balaban J connectivity index is 2.51. The molecule has 0 spiro atoms. The maximum absolute atomic E-state index is 9.26. The van der Waals surface area contributed by atoms with E-state index in [0.29, 0.717) is 6.61 Å². The second-order valence-electron chi connectivity index (χ2n) is 3.25. The lowest BCUT2D eigenvalue weighted by atomic mass is 10.2. The Bertz CT molecular complexity index is 124. The summed E-state index contributed by atoms with van der Waals surface area (Å²) in [7, 11) is 0. The molecule has 66 valence electrons. The van der Waals surface area contributed by atoms with E-state index in [1.165, 1.54) is 0 Å². The fraction of sp³-hybridized carbons (Fsp3) is 1.00. The van der Waals surface area contributed by atoms with Crippen molar-refractivity contribution in [2.75, 3.05) is 13.2 Å². The quantitative estimate of drug-likeness (QED) is 0.500. The summed E-state index contributed by atoms with van der Waals surface area (Å²) >= 11 is 0. The van der Waals surface area contributed by atoms with Crippen LogP contribution in [0, 0.1) is 0 Å². The van der Waals surface area contributed by atoms with Crippen LogP contribution >= 0.6 is 0 Å². The number of hydrogen-bond acceptors (Lipinski definition) is 4. The number of aliphatic hydroxyl groups is 1. The van der Waals surface area contributed by atoms with E-state index >= 15 is 0 Å². The van der Waals surface area contributed by atoms with Gasteiger partial charge in [0.05, 0.1) is 25.4 Å². The highest BCUT2D eigenvalue weighted by Gasteiger charge is 2.28. The van der Waals surface area contributed by atoms with Gasteiger partial charge in [-0.2, -0.15) is 0 Å². The van der Waals surface area contributed by atoms with Gasteiger partial charge < -0.3 is 20.3 Å². The van der Waals surface area contributed by atoms with Crippen molar-refractivity contribution in [1.29, 1.82) is 0 Å². The van der Waals surface area contributed by atoms with E-state index in [2.05, 4.69) is 0 Å². The van der Waals surface area contributed by atoms with Crippen molar-refractivity contribution in [2.24, 2.45) is 5.73 Å². The van der Waals surface area contributed by atoms with E-state index in [9.17, 15) is 5.11 Å². The number of nitrogens with two attached hydrogens (primary N) is 1. The zero-order valence-corrected chi connectivity index (χ0v) is 6.91. The smallest absolute Gasteiger partial charge is 0.162 e. The van der Waals surface area contributed by atoms with Gasteiger partial charge >= 0.3 is 0 Å². The molecule has 4 heteroatoms. The molecule has 1 unspecified atom stereocenters. The lowest BCUT2D eigenvalue weighted by Crippen LogP contribution is -2.39. The van der Waals surface area contributed by atoms with Crippen LogP contribution in [0.25, 0.3) is 0 Å². The van der Waals surface area contributed by atoms with E-state index in [1.807, 2.05) is 0 Å². The molecule has 0 amide bonds. The van der Waals surface area contributed by atoms with Gasteiger partial charge in [-0.15, -0.1) is 0 Å². The first-order chi connectivity index (χ1) is 5.01. The average molecular weight is 161 g/mol. The van der Waals surface area contributed by atoms with E-state index in [4.69, 9.17) is 15.2 Å². The maximum atomic E-state index is 9.26. The van der Waals surface area contributed by atoms with Crippen LogP contribution in [0.3, 0.4) is 0 Å². The Morgan fingerprint density at radius 2 is 1.91 bits per heavy atom. The molecule has 0 bridgehead atoms. The topological polar surface area (TPSA) is 64.7 Å². The highest BCUT2D eigenvalue weighted by Crippen LogP contribution is 2.16. The highest BCUT2D eigenvalue weighted by molar-refractivity contribution is 4.75. The van der Waals surface area contributed by atoms with E-state index in [1.54, 1.807) is 13.8 Å². The number of hydrogen-bond donors (Lipinski definition) is 2. The van der Waals surface area contributed by atoms with Crippen molar-refractivity contribution in [3.05, 3.63) is 0 Å². The van der Waals surface area contributed by atoms with Crippen LogP contribution in [0.5, 0.6) is 0 Å². The molecule has 1 heterocycles. The number of rotatable bonds is 0. The molecule has 0 aliphatic carbocycles. The first-order valence-corrected chi connectivity index (χ1v) is 3.73. The summed E-state index contributed by atoms with van der Waals surface area (Å²) in [4.78, 5) is 0. The van der Waals surface area contributed by atoms with Crippen molar-refractivity contribution in [1.82, 2.24) is 0 Å². The summed E-state index contributed by atoms with van der Waals surface area (Å²) < 4.78 is 10.5. The Morgan fingerprint density at radius 3 is 2.55 bits per heavy atom. The fourth-order valence-corrected chi connectivity index (χ4v) is 0.859. The van der Waals surface area contributed by atoms with Crippen molar-refractivity contribution in [3.8, 4) is 0 Å². The van der Waals surface area contributed by atoms with Crippen molar-refractivity contribution in [2.45, 2.75) is 31.8 Å². The maximum Gasteiger partial charge on any atom is 0.162 e. The standard InChI is InChI=1S/C7H15NO3/c1-7(2)10-3-5(8)6(9)4-11-7/h5-6,9H,3-4,8H2,1-2H3/t5?,6-/m0/s1. The van der Waals surface area contributed by atoms with Gasteiger partial charge in [0.15, 0.2) is 5.79 Å². The molecule has 0 saturated carbocycles. The molecule has 0 aromatic carbocycles. The van der Waals surface area contributed by atoms with Gasteiger partial charge in [0.1, 0.15) is 0 Å². The Morgan fingerprint density at radius 1 is 1.36 bits per heavy atom. The van der Waals surface area contributed by atoms with Crippen LogP contribution in [0.15, 0.2) is 0 Å². The molecule has 1 aliphatic heterocycles. The summed E-state index contributed by atoms with van der Waals surface area (Å²) in [6, 6.07) is -0.336. The molecule has 1 fully saturated rings. The van der Waals surface area contributed by atoms with Crippen molar-refractivity contribution >= 4 is 0 Å². The Labute approximate surface area is 66.3 Å². The summed E-state index contributed by atoms with van der Waals surface area (Å²) in [5.74, 6) is -0.616. The summed E-state index contributed by atoms with van der Waals surface area (Å²) in [6.07, 6.45) is -0.614. The predicted octanol–water partition coefficient (Wildman–Crippen LogP) is -0.542. The van der Waals surface area contributed by atoms with Crippen molar-refractivity contribution < 1.29 is 14.6 Å². The second kappa shape index (κ2) is 3.06. The van der Waals surface area contributed by atoms with Crippen LogP contribution in [0.4, 0.5) is 0 Å². The van der Waals surface area contributed by atoms with Gasteiger partial charge in [0, 0.05) is 0 Å². The van der Waals surface area contributed by atoms with Crippen LogP contribution < -0.4 is 5.73 Å². The molecule has 11 heavy (non-hydrogen) atoms. The van der Waals surface area contributed by atoms with Gasteiger partial charge in [-0.05, 0) is 13.8 Å². The third-order valence-corrected chi connectivity index (χ3v) is 1.72. The monoisotopic (exact) mass is 161 g/mol. The summed E-state index contributed by atoms with van der Waals surface area (Å²) in [5, 5.41) is 9.26. The molecule has 1 rings (SSSR count). The normalized spacial score (nSPS) is 38.2. The molecule has 1 aliphatic rings. The van der Waals surface area contributed by atoms with Gasteiger partial charge in [0.25, 0.3) is 0 Å². The first kappa shape index (κ1) is 8.93. The zero-order valence-electron chi connectivity index (χ0n) is 6.91. The Hall–Kier alpha value is -0.160. The minimum absolute atomic E-state index is 0.244. The van der Waals surface area contributed by atoms with Gasteiger partial charge in [-0.3, -0.25) is 0 Å². The van der Waals surface area contributed by atoms with Crippen LogP contribution in [-0.4, -0.2) is 36.3 Å². The van der Waals surface area contributed by atoms with Gasteiger partial charge in [-0.25, -0.2) is 0 Å². The SMILES string of the molecule is CC1(C)OCC(N)[C@@H](O)CO1. The first-order valence-electron chi connectivity index (χ1n) is 3.73. The third-order valence-electron chi connectivity index (χ3n) is 1.72. The highest BCUT2D eigenvalue weighted by atomic mass is 16.7. The molecule has 4 nitrogen and oxygen atoms in total. The molecular weight excluding hydrogens is 146 g/mol. The molecule has 0 radical (unpaired) electrons. The van der Waals surface area contributed by atoms with E-state index in [0.717, 1.165) is 0 Å². The molecule has 3 N–H and O–H groups in total. The minimum Gasteiger partial charge on any atom is -0.389 e. The second-order valence-corrected chi connectivity index (χ2v) is 3.25. The van der Waals surface area contributed by atoms with Crippen LogP contribution in [-0.2, 0) is 9.47 Å². The average Bonchev–Trinajstić information content (AvgIpc) is 2.03. The largest absolute Gasteiger partial charge is 0.389 e. The number of ether oxygens (including phenoxy) is 2. The summed E-state index contributed by atoms with van der Waals surface area (Å²) in [5.41, 5.74) is 5.54. The lowest BCUT2D eigenvalue weighted by Gasteiger charge is -2.22. The number of aliphatic hydroxyl groups excluding tert-OH is 1. The van der Waals surface area contributed by atoms with E-state index in [-0.39, 0.29) is 12.6 Å². The fourth-order valence-electron chi connectivity index (χ4n) is 0.859. The molecular formula is C7H15NO3. The molecule has 1 saturated heterocycles. The molecule has 0 aromatic rings.